The van der Waals surface area contributed by atoms with Gasteiger partial charge in [0.1, 0.15) is 0 Å². The second-order valence-electron chi connectivity index (χ2n) is 6.35. The van der Waals surface area contributed by atoms with Gasteiger partial charge in [-0.1, -0.05) is 73.0 Å². The number of hydrogen-bond donors (Lipinski definition) is 0. The molecule has 8 heteroatoms. The zero-order valence-corrected chi connectivity index (χ0v) is 17.3. The van der Waals surface area contributed by atoms with Gasteiger partial charge in [-0.3, -0.25) is 14.5 Å². The zero-order valence-electron chi connectivity index (χ0n) is 14.8. The van der Waals surface area contributed by atoms with Crippen molar-refractivity contribution in [3.05, 3.63) is 35.4 Å². The number of likely N-dealkylation sites (tertiary alicyclic amines) is 1. The van der Waals surface area contributed by atoms with Gasteiger partial charge in [-0.05, 0) is 23.5 Å². The molecule has 0 bridgehead atoms. The molecule has 0 unspecified atom stereocenters. The molecule has 5 nitrogen and oxygen atoms in total. The first-order valence-corrected chi connectivity index (χ1v) is 11.3. The molecule has 0 saturated carbocycles. The van der Waals surface area contributed by atoms with Crippen LogP contribution in [0, 0.1) is 0 Å². The lowest BCUT2D eigenvalue weighted by Crippen LogP contribution is -2.33. The predicted octanol–water partition coefficient (Wildman–Crippen LogP) is 4.19. The topological polar surface area (TPSA) is 63.2 Å². The van der Waals surface area contributed by atoms with E-state index in [0.717, 1.165) is 20.9 Å². The first kappa shape index (κ1) is 19.4. The summed E-state index contributed by atoms with van der Waals surface area (Å²) in [5, 5.41) is 8.32. The Bertz CT molecular complexity index is 774. The fourth-order valence-corrected chi connectivity index (χ4v) is 5.42. The van der Waals surface area contributed by atoms with E-state index in [1.807, 2.05) is 0 Å². The van der Waals surface area contributed by atoms with Gasteiger partial charge in [-0.2, -0.15) is 0 Å². The van der Waals surface area contributed by atoms with E-state index in [4.69, 9.17) is 0 Å². The Morgan fingerprint density at radius 1 is 1.19 bits per heavy atom. The number of imide groups is 1. The average molecular weight is 408 g/mol. The first-order valence-electron chi connectivity index (χ1n) is 8.54. The minimum atomic E-state index is -0.132. The van der Waals surface area contributed by atoms with E-state index < -0.39 is 0 Å². The molecule has 3 rings (SSSR count). The maximum absolute atomic E-state index is 12.1. The summed E-state index contributed by atoms with van der Waals surface area (Å²) < 4.78 is 1.66. The number of aromatic nitrogens is 2. The number of thioether (sulfide) groups is 2. The number of hydrogen-bond acceptors (Lipinski definition) is 7. The highest BCUT2D eigenvalue weighted by molar-refractivity contribution is 8.03. The molecular formula is C18H21N3O2S3. The molecule has 2 aromatic rings. The summed E-state index contributed by atoms with van der Waals surface area (Å²) in [6, 6.07) is 8.66. The Balaban J connectivity index is 1.47. The van der Waals surface area contributed by atoms with Crippen LogP contribution in [0.3, 0.4) is 0 Å². The number of nitrogens with zero attached hydrogens (tertiary/aromatic N) is 3. The quantitative estimate of drug-likeness (QED) is 0.641. The second-order valence-corrected chi connectivity index (χ2v) is 9.77. The molecule has 1 aliphatic rings. The minimum absolute atomic E-state index is 0.0624. The first-order chi connectivity index (χ1) is 12.5. The van der Waals surface area contributed by atoms with E-state index in [-0.39, 0.29) is 17.6 Å². The molecule has 2 amide bonds. The molecule has 1 aromatic carbocycles. The predicted molar refractivity (Wildman–Crippen MR) is 107 cm³/mol. The summed E-state index contributed by atoms with van der Waals surface area (Å²) in [7, 11) is 0. The van der Waals surface area contributed by atoms with E-state index in [1.165, 1.54) is 39.1 Å². The third kappa shape index (κ3) is 5.08. The van der Waals surface area contributed by atoms with Crippen LogP contribution in [0.2, 0.25) is 0 Å². The number of benzene rings is 1. The summed E-state index contributed by atoms with van der Waals surface area (Å²) in [4.78, 5) is 25.0. The summed E-state index contributed by atoms with van der Waals surface area (Å²) in [5.74, 6) is 1.43. The van der Waals surface area contributed by atoms with E-state index >= 15 is 0 Å². The Hall–Kier alpha value is -1.38. The molecule has 0 N–H and O–H groups in total. The van der Waals surface area contributed by atoms with Gasteiger partial charge in [0.25, 0.3) is 0 Å². The van der Waals surface area contributed by atoms with Crippen molar-refractivity contribution in [2.75, 3.05) is 12.3 Å². The van der Waals surface area contributed by atoms with Crippen molar-refractivity contribution in [2.45, 2.75) is 47.0 Å². The summed E-state index contributed by atoms with van der Waals surface area (Å²) in [6.45, 7) is 4.92. The Labute approximate surface area is 166 Å². The molecule has 1 aliphatic heterocycles. The van der Waals surface area contributed by atoms with Gasteiger partial charge in [0, 0.05) is 18.7 Å². The van der Waals surface area contributed by atoms with Crippen molar-refractivity contribution in [1.29, 1.82) is 0 Å². The maximum Gasteiger partial charge on any atom is 0.239 e. The van der Waals surface area contributed by atoms with Gasteiger partial charge in [-0.15, -0.1) is 10.2 Å². The number of carbonyl (C=O) groups is 2. The molecule has 1 aromatic heterocycles. The van der Waals surface area contributed by atoms with Gasteiger partial charge in [0.05, 0.1) is 5.75 Å². The lowest BCUT2D eigenvalue weighted by Gasteiger charge is -2.11. The second kappa shape index (κ2) is 9.01. The van der Waals surface area contributed by atoms with Crippen LogP contribution in [-0.2, 0) is 15.3 Å². The lowest BCUT2D eigenvalue weighted by molar-refractivity contribution is -0.140. The fraction of sp³-hybridized carbons (Fsp3) is 0.444. The Kier molecular flexibility index (Phi) is 6.72. The average Bonchev–Trinajstić information content (AvgIpc) is 3.27. The van der Waals surface area contributed by atoms with Gasteiger partial charge in [0.2, 0.25) is 11.8 Å². The van der Waals surface area contributed by atoms with Crippen LogP contribution in [0.25, 0.3) is 0 Å². The van der Waals surface area contributed by atoms with Crippen molar-refractivity contribution < 1.29 is 9.59 Å². The minimum Gasteiger partial charge on any atom is -0.282 e. The molecule has 138 valence electrons. The van der Waals surface area contributed by atoms with Crippen molar-refractivity contribution in [3.63, 3.8) is 0 Å². The van der Waals surface area contributed by atoms with Crippen LogP contribution < -0.4 is 0 Å². The lowest BCUT2D eigenvalue weighted by atomic mass is 10.0. The van der Waals surface area contributed by atoms with E-state index in [2.05, 4.69) is 48.3 Å². The fourth-order valence-electron chi connectivity index (χ4n) is 2.57. The molecular weight excluding hydrogens is 386 g/mol. The van der Waals surface area contributed by atoms with Crippen LogP contribution in [0.5, 0.6) is 0 Å². The van der Waals surface area contributed by atoms with Crippen LogP contribution in [0.15, 0.2) is 32.9 Å². The van der Waals surface area contributed by atoms with E-state index in [1.54, 1.807) is 11.8 Å². The van der Waals surface area contributed by atoms with Crippen molar-refractivity contribution >= 4 is 46.7 Å². The van der Waals surface area contributed by atoms with Crippen LogP contribution in [0.4, 0.5) is 0 Å². The van der Waals surface area contributed by atoms with Crippen LogP contribution >= 0.6 is 34.9 Å². The smallest absolute Gasteiger partial charge is 0.239 e. The van der Waals surface area contributed by atoms with Gasteiger partial charge in [-0.25, -0.2) is 0 Å². The highest BCUT2D eigenvalue weighted by Gasteiger charge is 2.26. The third-order valence-electron chi connectivity index (χ3n) is 4.09. The molecule has 0 aliphatic carbocycles. The molecule has 0 radical (unpaired) electrons. The summed E-state index contributed by atoms with van der Waals surface area (Å²) >= 11 is 4.50. The highest BCUT2D eigenvalue weighted by atomic mass is 32.2. The monoisotopic (exact) mass is 407 g/mol. The van der Waals surface area contributed by atoms with Gasteiger partial charge >= 0.3 is 0 Å². The number of carbonyl (C=O) groups excluding carboxylic acids is 2. The zero-order chi connectivity index (χ0) is 18.5. The molecule has 26 heavy (non-hydrogen) atoms. The molecule has 1 fully saturated rings. The highest BCUT2D eigenvalue weighted by Crippen LogP contribution is 2.31. The Morgan fingerprint density at radius 2 is 1.88 bits per heavy atom. The summed E-state index contributed by atoms with van der Waals surface area (Å²) in [5.41, 5.74) is 2.60. The third-order valence-corrected chi connectivity index (χ3v) is 7.34. The number of rotatable bonds is 7. The van der Waals surface area contributed by atoms with Gasteiger partial charge < -0.3 is 0 Å². The normalized spacial score (nSPS) is 14.4. The van der Waals surface area contributed by atoms with E-state index in [0.29, 0.717) is 18.9 Å². The Morgan fingerprint density at radius 3 is 2.50 bits per heavy atom. The molecule has 1 saturated heterocycles. The number of amides is 2. The van der Waals surface area contributed by atoms with E-state index in [9.17, 15) is 9.59 Å². The van der Waals surface area contributed by atoms with Crippen molar-refractivity contribution in [3.8, 4) is 0 Å². The van der Waals surface area contributed by atoms with Gasteiger partial charge in [0.15, 0.2) is 8.68 Å². The SMILES string of the molecule is CC(C)c1ccc(CSc2nnc(SCC(=O)N3CCCC3=O)s2)cc1. The molecule has 0 atom stereocenters. The molecule has 2 heterocycles. The maximum atomic E-state index is 12.1. The summed E-state index contributed by atoms with van der Waals surface area (Å²) in [6.07, 6.45) is 1.25. The van der Waals surface area contributed by atoms with Crippen LogP contribution in [0.1, 0.15) is 43.7 Å². The molecule has 0 spiro atoms. The largest absolute Gasteiger partial charge is 0.282 e. The van der Waals surface area contributed by atoms with Crippen molar-refractivity contribution in [1.82, 2.24) is 15.1 Å². The standard InChI is InChI=1S/C18H21N3O2S3/c1-12(2)14-7-5-13(6-8-14)10-24-17-19-20-18(26-17)25-11-16(23)21-9-3-4-15(21)22/h5-8,12H,3-4,9-11H2,1-2H3. The van der Waals surface area contributed by atoms with Crippen LogP contribution in [-0.4, -0.2) is 39.2 Å². The van der Waals surface area contributed by atoms with Crippen molar-refractivity contribution in [2.24, 2.45) is 0 Å².